The van der Waals surface area contributed by atoms with Gasteiger partial charge in [-0.15, -0.1) is 0 Å². The van der Waals surface area contributed by atoms with E-state index in [0.29, 0.717) is 0 Å². The molecule has 0 amide bonds. The fraction of sp³-hybridized carbons (Fsp3) is 0.333. The fourth-order valence-corrected chi connectivity index (χ4v) is 3.19. The van der Waals surface area contributed by atoms with Crippen molar-refractivity contribution >= 4 is 16.9 Å². The van der Waals surface area contributed by atoms with Gasteiger partial charge in [0.1, 0.15) is 5.52 Å². The standard InChI is InChI=1S/C18H21N5/c1-18(2)12-23(9-8-21-18)14-5-3-4-13(10-14)16-11-20-17-15(22-16)6-7-19-17/h3-7,10-11,21H,8-9,12H2,1-2H3,(H,19,20). The lowest BCUT2D eigenvalue weighted by molar-refractivity contribution is 0.353. The number of nitrogens with one attached hydrogen (secondary N) is 2. The van der Waals surface area contributed by atoms with Crippen LogP contribution in [-0.2, 0) is 0 Å². The highest BCUT2D eigenvalue weighted by molar-refractivity contribution is 5.75. The summed E-state index contributed by atoms with van der Waals surface area (Å²) in [7, 11) is 0. The SMILES string of the molecule is CC1(C)CN(c2cccc(-c3cnc4[nH]ccc4n3)c2)CCN1. The van der Waals surface area contributed by atoms with E-state index >= 15 is 0 Å². The Kier molecular flexibility index (Phi) is 3.31. The van der Waals surface area contributed by atoms with Crippen LogP contribution < -0.4 is 10.2 Å². The van der Waals surface area contributed by atoms with Crippen molar-refractivity contribution in [3.8, 4) is 11.3 Å². The quantitative estimate of drug-likeness (QED) is 0.764. The molecular weight excluding hydrogens is 286 g/mol. The Morgan fingerprint density at radius 3 is 3.00 bits per heavy atom. The van der Waals surface area contributed by atoms with Crippen LogP contribution in [0, 0.1) is 0 Å². The van der Waals surface area contributed by atoms with Crippen LogP contribution in [0.15, 0.2) is 42.7 Å². The molecule has 118 valence electrons. The van der Waals surface area contributed by atoms with Crippen molar-refractivity contribution in [3.63, 3.8) is 0 Å². The van der Waals surface area contributed by atoms with Gasteiger partial charge in [-0.25, -0.2) is 9.97 Å². The first-order chi connectivity index (χ1) is 11.1. The molecule has 2 N–H and O–H groups in total. The van der Waals surface area contributed by atoms with Crippen LogP contribution in [-0.4, -0.2) is 40.1 Å². The third kappa shape index (κ3) is 2.80. The summed E-state index contributed by atoms with van der Waals surface area (Å²) in [6.07, 6.45) is 3.70. The monoisotopic (exact) mass is 307 g/mol. The van der Waals surface area contributed by atoms with Crippen LogP contribution in [0.3, 0.4) is 0 Å². The minimum Gasteiger partial charge on any atom is -0.368 e. The van der Waals surface area contributed by atoms with E-state index in [0.717, 1.165) is 42.1 Å². The van der Waals surface area contributed by atoms with Gasteiger partial charge in [0.25, 0.3) is 0 Å². The van der Waals surface area contributed by atoms with E-state index in [1.54, 1.807) is 0 Å². The first kappa shape index (κ1) is 14.2. The highest BCUT2D eigenvalue weighted by Gasteiger charge is 2.25. The third-order valence-corrected chi connectivity index (χ3v) is 4.34. The van der Waals surface area contributed by atoms with Crippen molar-refractivity contribution in [1.82, 2.24) is 20.3 Å². The number of nitrogens with zero attached hydrogens (tertiary/aromatic N) is 3. The molecule has 1 aliphatic heterocycles. The second-order valence-electron chi connectivity index (χ2n) is 6.75. The minimum atomic E-state index is 0.137. The predicted octanol–water partition coefficient (Wildman–Crippen LogP) is 2.81. The Morgan fingerprint density at radius 2 is 2.13 bits per heavy atom. The minimum absolute atomic E-state index is 0.137. The Morgan fingerprint density at radius 1 is 1.22 bits per heavy atom. The van der Waals surface area contributed by atoms with E-state index < -0.39 is 0 Å². The van der Waals surface area contributed by atoms with Gasteiger partial charge in [-0.3, -0.25) is 0 Å². The number of hydrogen-bond acceptors (Lipinski definition) is 4. The van der Waals surface area contributed by atoms with E-state index in [9.17, 15) is 0 Å². The molecule has 4 rings (SSSR count). The summed E-state index contributed by atoms with van der Waals surface area (Å²) in [5.74, 6) is 0. The predicted molar refractivity (Wildman–Crippen MR) is 93.6 cm³/mol. The first-order valence-electron chi connectivity index (χ1n) is 8.01. The van der Waals surface area contributed by atoms with Crippen molar-refractivity contribution in [1.29, 1.82) is 0 Å². The van der Waals surface area contributed by atoms with Crippen LogP contribution >= 0.6 is 0 Å². The van der Waals surface area contributed by atoms with E-state index in [-0.39, 0.29) is 5.54 Å². The normalized spacial score (nSPS) is 17.6. The number of anilines is 1. The van der Waals surface area contributed by atoms with Gasteiger partial charge >= 0.3 is 0 Å². The van der Waals surface area contributed by atoms with Crippen molar-refractivity contribution < 1.29 is 0 Å². The summed E-state index contributed by atoms with van der Waals surface area (Å²) in [4.78, 5) is 14.7. The number of fused-ring (bicyclic) bond motifs is 1. The molecule has 0 radical (unpaired) electrons. The molecule has 23 heavy (non-hydrogen) atoms. The summed E-state index contributed by atoms with van der Waals surface area (Å²) < 4.78 is 0. The highest BCUT2D eigenvalue weighted by atomic mass is 15.2. The van der Waals surface area contributed by atoms with E-state index in [4.69, 9.17) is 4.98 Å². The average molecular weight is 307 g/mol. The third-order valence-electron chi connectivity index (χ3n) is 4.34. The molecule has 1 fully saturated rings. The first-order valence-corrected chi connectivity index (χ1v) is 8.01. The van der Waals surface area contributed by atoms with Gasteiger partial charge in [0.2, 0.25) is 0 Å². The van der Waals surface area contributed by atoms with Gasteiger partial charge in [0.05, 0.1) is 11.9 Å². The van der Waals surface area contributed by atoms with Crippen molar-refractivity contribution in [2.45, 2.75) is 19.4 Å². The molecule has 2 aromatic heterocycles. The van der Waals surface area contributed by atoms with E-state index in [1.807, 2.05) is 18.5 Å². The average Bonchev–Trinajstić information content (AvgIpc) is 3.01. The number of piperazine rings is 1. The molecule has 0 unspecified atom stereocenters. The molecule has 5 nitrogen and oxygen atoms in total. The summed E-state index contributed by atoms with van der Waals surface area (Å²) in [6, 6.07) is 10.5. The van der Waals surface area contributed by atoms with Crippen LogP contribution in [0.1, 0.15) is 13.8 Å². The molecule has 3 aromatic rings. The molecule has 5 heteroatoms. The molecule has 0 aliphatic carbocycles. The zero-order chi connectivity index (χ0) is 15.9. The summed E-state index contributed by atoms with van der Waals surface area (Å²) in [6.45, 7) is 7.52. The number of rotatable bonds is 2. The van der Waals surface area contributed by atoms with Crippen LogP contribution in [0.2, 0.25) is 0 Å². The maximum Gasteiger partial charge on any atom is 0.156 e. The van der Waals surface area contributed by atoms with Crippen LogP contribution in [0.25, 0.3) is 22.4 Å². The summed E-state index contributed by atoms with van der Waals surface area (Å²) in [5.41, 5.74) is 5.12. The van der Waals surface area contributed by atoms with Gasteiger partial charge in [0, 0.05) is 42.6 Å². The highest BCUT2D eigenvalue weighted by Crippen LogP contribution is 2.26. The summed E-state index contributed by atoms with van der Waals surface area (Å²) in [5, 5.41) is 3.55. The van der Waals surface area contributed by atoms with Gasteiger partial charge in [-0.2, -0.15) is 0 Å². The molecule has 0 saturated carbocycles. The number of hydrogen-bond donors (Lipinski definition) is 2. The molecule has 0 spiro atoms. The largest absolute Gasteiger partial charge is 0.368 e. The molecule has 1 aliphatic rings. The van der Waals surface area contributed by atoms with Crippen molar-refractivity contribution in [2.24, 2.45) is 0 Å². The fourth-order valence-electron chi connectivity index (χ4n) is 3.19. The molecule has 3 heterocycles. The van der Waals surface area contributed by atoms with Crippen LogP contribution in [0.4, 0.5) is 5.69 Å². The van der Waals surface area contributed by atoms with Gasteiger partial charge in [-0.1, -0.05) is 12.1 Å². The lowest BCUT2D eigenvalue weighted by Crippen LogP contribution is -2.57. The number of H-pyrrole nitrogens is 1. The lowest BCUT2D eigenvalue weighted by Gasteiger charge is -2.40. The molecule has 1 saturated heterocycles. The second kappa shape index (κ2) is 5.35. The lowest BCUT2D eigenvalue weighted by atomic mass is 10.0. The Hall–Kier alpha value is -2.40. The molecule has 1 aromatic carbocycles. The molecule has 0 atom stereocenters. The Balaban J connectivity index is 1.68. The number of benzene rings is 1. The van der Waals surface area contributed by atoms with Gasteiger partial charge in [0.15, 0.2) is 5.65 Å². The molecular formula is C18H21N5. The van der Waals surface area contributed by atoms with Crippen molar-refractivity contribution in [3.05, 3.63) is 42.7 Å². The van der Waals surface area contributed by atoms with Gasteiger partial charge < -0.3 is 15.2 Å². The topological polar surface area (TPSA) is 56.8 Å². The second-order valence-corrected chi connectivity index (χ2v) is 6.75. The number of aromatic nitrogens is 3. The van der Waals surface area contributed by atoms with Crippen molar-refractivity contribution in [2.75, 3.05) is 24.5 Å². The molecule has 0 bridgehead atoms. The summed E-state index contributed by atoms with van der Waals surface area (Å²) >= 11 is 0. The van der Waals surface area contributed by atoms with Crippen LogP contribution in [0.5, 0.6) is 0 Å². The maximum absolute atomic E-state index is 4.70. The Labute approximate surface area is 135 Å². The smallest absolute Gasteiger partial charge is 0.156 e. The zero-order valence-corrected chi connectivity index (χ0v) is 13.5. The maximum atomic E-state index is 4.70. The van der Waals surface area contributed by atoms with E-state index in [2.05, 4.69) is 58.3 Å². The van der Waals surface area contributed by atoms with Gasteiger partial charge in [-0.05, 0) is 32.0 Å². The Bertz CT molecular complexity index is 836. The number of aromatic amines is 1. The van der Waals surface area contributed by atoms with E-state index in [1.165, 1.54) is 5.69 Å². The zero-order valence-electron chi connectivity index (χ0n) is 13.5.